The fraction of sp³-hybridized carbons (Fsp3) is 0.333. The van der Waals surface area contributed by atoms with Crippen molar-refractivity contribution in [3.8, 4) is 0 Å². The first-order valence-corrected chi connectivity index (χ1v) is 8.23. The highest BCUT2D eigenvalue weighted by molar-refractivity contribution is 7.98. The molecule has 0 amide bonds. The number of nitrogens with one attached hydrogen (secondary N) is 1. The van der Waals surface area contributed by atoms with Crippen LogP contribution in [0.2, 0.25) is 0 Å². The predicted molar refractivity (Wildman–Crippen MR) is 89.1 cm³/mol. The molecular formula is C18H22FNS. The zero-order chi connectivity index (χ0) is 15.2. The lowest BCUT2D eigenvalue weighted by Gasteiger charge is -2.09. The molecule has 21 heavy (non-hydrogen) atoms. The molecule has 1 N–H and O–H groups in total. The Labute approximate surface area is 131 Å². The first kappa shape index (κ1) is 16.1. The number of hydrogen-bond acceptors (Lipinski definition) is 2. The summed E-state index contributed by atoms with van der Waals surface area (Å²) >= 11 is 1.78. The van der Waals surface area contributed by atoms with Crippen molar-refractivity contribution in [3.05, 3.63) is 65.0 Å². The fourth-order valence-corrected chi connectivity index (χ4v) is 2.98. The topological polar surface area (TPSA) is 12.0 Å². The molecule has 0 fully saturated rings. The molecule has 0 aromatic heterocycles. The molecule has 2 aromatic carbocycles. The zero-order valence-electron chi connectivity index (χ0n) is 12.8. The highest BCUT2D eigenvalue weighted by Crippen LogP contribution is 2.25. The predicted octanol–water partition coefficient (Wildman–Crippen LogP) is 4.92. The van der Waals surface area contributed by atoms with E-state index in [1.54, 1.807) is 17.8 Å². The lowest BCUT2D eigenvalue weighted by Crippen LogP contribution is -2.21. The first-order chi connectivity index (χ1) is 10.0. The molecule has 3 heteroatoms. The molecule has 0 radical (unpaired) electrons. The van der Waals surface area contributed by atoms with Crippen molar-refractivity contribution in [2.24, 2.45) is 0 Å². The van der Waals surface area contributed by atoms with Gasteiger partial charge in [-0.3, -0.25) is 0 Å². The highest BCUT2D eigenvalue weighted by atomic mass is 32.2. The second-order valence-electron chi connectivity index (χ2n) is 5.54. The van der Waals surface area contributed by atoms with Crippen LogP contribution in [0.1, 0.15) is 30.5 Å². The van der Waals surface area contributed by atoms with Crippen LogP contribution in [-0.2, 0) is 12.3 Å². The number of benzene rings is 2. The Kier molecular flexibility index (Phi) is 5.83. The Morgan fingerprint density at radius 3 is 2.43 bits per heavy atom. The number of thioether (sulfide) groups is 1. The van der Waals surface area contributed by atoms with Crippen LogP contribution in [0.3, 0.4) is 0 Å². The molecule has 112 valence electrons. The van der Waals surface area contributed by atoms with Gasteiger partial charge in [-0.2, -0.15) is 0 Å². The van der Waals surface area contributed by atoms with Gasteiger partial charge in [0.2, 0.25) is 0 Å². The molecule has 0 spiro atoms. The summed E-state index contributed by atoms with van der Waals surface area (Å²) < 4.78 is 13.1. The summed E-state index contributed by atoms with van der Waals surface area (Å²) in [6.07, 6.45) is 0. The third kappa shape index (κ3) is 5.18. The zero-order valence-corrected chi connectivity index (χ0v) is 13.6. The van der Waals surface area contributed by atoms with Gasteiger partial charge in [0, 0.05) is 23.2 Å². The van der Waals surface area contributed by atoms with E-state index < -0.39 is 0 Å². The summed E-state index contributed by atoms with van der Waals surface area (Å²) in [7, 11) is 0. The van der Waals surface area contributed by atoms with Gasteiger partial charge < -0.3 is 5.32 Å². The van der Waals surface area contributed by atoms with E-state index in [0.717, 1.165) is 17.9 Å². The van der Waals surface area contributed by atoms with E-state index >= 15 is 0 Å². The molecular weight excluding hydrogens is 281 g/mol. The van der Waals surface area contributed by atoms with Crippen molar-refractivity contribution >= 4 is 11.8 Å². The van der Waals surface area contributed by atoms with Crippen LogP contribution in [0.5, 0.6) is 0 Å². The Balaban J connectivity index is 1.91. The normalized spacial score (nSPS) is 11.1. The van der Waals surface area contributed by atoms with Crippen LogP contribution < -0.4 is 5.32 Å². The second kappa shape index (κ2) is 7.62. The molecule has 0 aliphatic carbocycles. The van der Waals surface area contributed by atoms with Gasteiger partial charge in [0.25, 0.3) is 0 Å². The summed E-state index contributed by atoms with van der Waals surface area (Å²) in [5, 5.41) is 3.41. The Bertz CT molecular complexity index is 578. The minimum Gasteiger partial charge on any atom is -0.310 e. The highest BCUT2D eigenvalue weighted by Gasteiger charge is 2.02. The quantitative estimate of drug-likeness (QED) is 0.760. The van der Waals surface area contributed by atoms with Gasteiger partial charge in [0.05, 0.1) is 0 Å². The van der Waals surface area contributed by atoms with E-state index in [2.05, 4.69) is 43.4 Å². The summed E-state index contributed by atoms with van der Waals surface area (Å²) in [5.74, 6) is 0.707. The van der Waals surface area contributed by atoms with E-state index in [0.29, 0.717) is 6.04 Å². The van der Waals surface area contributed by atoms with E-state index in [4.69, 9.17) is 0 Å². The molecule has 2 aromatic rings. The van der Waals surface area contributed by atoms with E-state index in [1.807, 2.05) is 13.0 Å². The van der Waals surface area contributed by atoms with Gasteiger partial charge in [-0.05, 0) is 47.9 Å². The van der Waals surface area contributed by atoms with Crippen LogP contribution in [0.25, 0.3) is 0 Å². The SMILES string of the molecule is Cc1cc(F)ccc1CSc1ccc(CNC(C)C)cc1. The molecule has 0 unspecified atom stereocenters. The molecule has 1 nitrogen and oxygen atoms in total. The standard InChI is InChI=1S/C18H22FNS/c1-13(2)20-11-15-4-8-18(9-5-15)21-12-16-6-7-17(19)10-14(16)3/h4-10,13,20H,11-12H2,1-3H3. The minimum atomic E-state index is -0.164. The van der Waals surface area contributed by atoms with Gasteiger partial charge in [0.15, 0.2) is 0 Å². The van der Waals surface area contributed by atoms with Crippen molar-refractivity contribution in [3.63, 3.8) is 0 Å². The Hall–Kier alpha value is -1.32. The van der Waals surface area contributed by atoms with Crippen molar-refractivity contribution < 1.29 is 4.39 Å². The van der Waals surface area contributed by atoms with Crippen molar-refractivity contribution in [1.82, 2.24) is 5.32 Å². The first-order valence-electron chi connectivity index (χ1n) is 7.25. The minimum absolute atomic E-state index is 0.164. The molecule has 0 aliphatic heterocycles. The Morgan fingerprint density at radius 2 is 1.81 bits per heavy atom. The van der Waals surface area contributed by atoms with Crippen LogP contribution in [0.15, 0.2) is 47.4 Å². The van der Waals surface area contributed by atoms with E-state index in [1.165, 1.54) is 22.1 Å². The second-order valence-corrected chi connectivity index (χ2v) is 6.59. The Morgan fingerprint density at radius 1 is 1.10 bits per heavy atom. The van der Waals surface area contributed by atoms with Crippen LogP contribution >= 0.6 is 11.8 Å². The number of halogens is 1. The number of rotatable bonds is 6. The molecule has 0 aliphatic rings. The summed E-state index contributed by atoms with van der Waals surface area (Å²) in [5.41, 5.74) is 3.50. The molecule has 0 heterocycles. The lowest BCUT2D eigenvalue weighted by molar-refractivity contribution is 0.588. The van der Waals surface area contributed by atoms with Gasteiger partial charge in [-0.1, -0.05) is 32.0 Å². The van der Waals surface area contributed by atoms with Crippen molar-refractivity contribution in [2.75, 3.05) is 0 Å². The van der Waals surface area contributed by atoms with Gasteiger partial charge >= 0.3 is 0 Å². The summed E-state index contributed by atoms with van der Waals surface area (Å²) in [6.45, 7) is 7.16. The third-order valence-corrected chi connectivity index (χ3v) is 4.40. The number of aryl methyl sites for hydroxylation is 1. The molecule has 0 atom stereocenters. The van der Waals surface area contributed by atoms with Crippen LogP contribution in [0, 0.1) is 12.7 Å². The number of hydrogen-bond donors (Lipinski definition) is 1. The van der Waals surface area contributed by atoms with E-state index in [-0.39, 0.29) is 5.82 Å². The summed E-state index contributed by atoms with van der Waals surface area (Å²) in [6, 6.07) is 14.1. The van der Waals surface area contributed by atoms with Gasteiger partial charge in [-0.15, -0.1) is 11.8 Å². The van der Waals surface area contributed by atoms with E-state index in [9.17, 15) is 4.39 Å². The largest absolute Gasteiger partial charge is 0.310 e. The smallest absolute Gasteiger partial charge is 0.123 e. The maximum Gasteiger partial charge on any atom is 0.123 e. The third-order valence-electron chi connectivity index (χ3n) is 3.34. The fourth-order valence-electron chi connectivity index (χ4n) is 2.01. The van der Waals surface area contributed by atoms with Gasteiger partial charge in [0.1, 0.15) is 5.82 Å². The maximum atomic E-state index is 13.1. The van der Waals surface area contributed by atoms with Gasteiger partial charge in [-0.25, -0.2) is 4.39 Å². The summed E-state index contributed by atoms with van der Waals surface area (Å²) in [4.78, 5) is 1.24. The average molecular weight is 303 g/mol. The monoisotopic (exact) mass is 303 g/mol. The molecule has 2 rings (SSSR count). The van der Waals surface area contributed by atoms with Crippen LogP contribution in [-0.4, -0.2) is 6.04 Å². The average Bonchev–Trinajstić information content (AvgIpc) is 2.45. The molecule has 0 bridgehead atoms. The van der Waals surface area contributed by atoms with Crippen molar-refractivity contribution in [2.45, 2.75) is 44.0 Å². The van der Waals surface area contributed by atoms with Crippen molar-refractivity contribution in [1.29, 1.82) is 0 Å². The van der Waals surface area contributed by atoms with Crippen LogP contribution in [0.4, 0.5) is 4.39 Å². The molecule has 0 saturated heterocycles. The molecule has 0 saturated carbocycles. The maximum absolute atomic E-state index is 13.1. The lowest BCUT2D eigenvalue weighted by atomic mass is 10.1.